The first kappa shape index (κ1) is 16.3. The number of nitrogens with zero attached hydrogens (tertiary/aromatic N) is 2. The van der Waals surface area contributed by atoms with Gasteiger partial charge in [0.1, 0.15) is 0 Å². The molecule has 22 heavy (non-hydrogen) atoms. The molecule has 3 nitrogen and oxygen atoms in total. The molecule has 0 aromatic heterocycles. The van der Waals surface area contributed by atoms with Crippen molar-refractivity contribution >= 4 is 11.8 Å². The van der Waals surface area contributed by atoms with E-state index in [1.807, 2.05) is 11.8 Å². The van der Waals surface area contributed by atoms with Crippen molar-refractivity contribution in [2.24, 2.45) is 0 Å². The minimum atomic E-state index is 0.491. The molecule has 3 rings (SSSR count). The van der Waals surface area contributed by atoms with E-state index in [0.717, 1.165) is 19.7 Å². The maximum Gasteiger partial charge on any atom is 0.0702 e. The van der Waals surface area contributed by atoms with Crippen LogP contribution in [-0.2, 0) is 11.3 Å². The highest BCUT2D eigenvalue weighted by atomic mass is 32.2. The summed E-state index contributed by atoms with van der Waals surface area (Å²) in [6.07, 6.45) is 6.39. The van der Waals surface area contributed by atoms with Crippen molar-refractivity contribution < 1.29 is 4.74 Å². The fourth-order valence-electron chi connectivity index (χ4n) is 3.43. The summed E-state index contributed by atoms with van der Waals surface area (Å²) >= 11 is 1.81. The topological polar surface area (TPSA) is 15.7 Å². The van der Waals surface area contributed by atoms with E-state index >= 15 is 0 Å². The number of benzene rings is 1. The van der Waals surface area contributed by atoms with Gasteiger partial charge in [0.2, 0.25) is 0 Å². The first-order valence-corrected chi connectivity index (χ1v) is 9.75. The Balaban J connectivity index is 1.46. The molecular weight excluding hydrogens is 292 g/mol. The summed E-state index contributed by atoms with van der Waals surface area (Å²) in [4.78, 5) is 6.55. The van der Waals surface area contributed by atoms with E-state index in [1.54, 1.807) is 0 Å². The standard InChI is InChI=1S/C18H28N2OS/c1-22-18-7-5-16(6-8-18)14-19-9-3-10-20(12-11-19)15-17-4-2-13-21-17/h5-8,17H,2-4,9-15H2,1H3/t17-/m1/s1. The van der Waals surface area contributed by atoms with E-state index in [-0.39, 0.29) is 0 Å². The third-order valence-corrected chi connectivity index (χ3v) is 5.48. The molecule has 1 aromatic carbocycles. The first-order valence-electron chi connectivity index (χ1n) is 8.53. The van der Waals surface area contributed by atoms with Crippen LogP contribution in [0, 0.1) is 0 Å². The highest BCUT2D eigenvalue weighted by Gasteiger charge is 2.21. The summed E-state index contributed by atoms with van der Waals surface area (Å²) in [5.41, 5.74) is 1.44. The monoisotopic (exact) mass is 320 g/mol. The average molecular weight is 321 g/mol. The Labute approximate surface area is 139 Å². The Morgan fingerprint density at radius 2 is 1.82 bits per heavy atom. The molecule has 122 valence electrons. The van der Waals surface area contributed by atoms with Gasteiger partial charge in [-0.25, -0.2) is 0 Å². The second-order valence-corrected chi connectivity index (χ2v) is 7.29. The van der Waals surface area contributed by atoms with Gasteiger partial charge < -0.3 is 4.74 Å². The van der Waals surface area contributed by atoms with Crippen molar-refractivity contribution in [1.29, 1.82) is 0 Å². The minimum absolute atomic E-state index is 0.491. The molecule has 2 aliphatic rings. The van der Waals surface area contributed by atoms with Crippen molar-refractivity contribution in [3.8, 4) is 0 Å². The molecule has 2 aliphatic heterocycles. The molecule has 0 amide bonds. The molecule has 2 saturated heterocycles. The lowest BCUT2D eigenvalue weighted by atomic mass is 10.2. The number of hydrogen-bond donors (Lipinski definition) is 0. The van der Waals surface area contributed by atoms with Gasteiger partial charge in [0.15, 0.2) is 0 Å². The summed E-state index contributed by atoms with van der Waals surface area (Å²) in [7, 11) is 0. The maximum absolute atomic E-state index is 5.78. The Morgan fingerprint density at radius 3 is 2.55 bits per heavy atom. The van der Waals surface area contributed by atoms with Crippen LogP contribution in [0.15, 0.2) is 29.2 Å². The number of thioether (sulfide) groups is 1. The quantitative estimate of drug-likeness (QED) is 0.774. The van der Waals surface area contributed by atoms with Crippen molar-refractivity contribution in [3.05, 3.63) is 29.8 Å². The zero-order chi connectivity index (χ0) is 15.2. The van der Waals surface area contributed by atoms with Crippen LogP contribution in [0.2, 0.25) is 0 Å². The van der Waals surface area contributed by atoms with E-state index in [9.17, 15) is 0 Å². The number of rotatable bonds is 5. The third kappa shape index (κ3) is 4.72. The summed E-state index contributed by atoms with van der Waals surface area (Å²) in [5.74, 6) is 0. The molecule has 0 radical (unpaired) electrons. The molecule has 1 atom stereocenters. The SMILES string of the molecule is CSc1ccc(CN2CCCN(C[C@H]3CCCO3)CC2)cc1. The molecule has 0 N–H and O–H groups in total. The van der Waals surface area contributed by atoms with Crippen LogP contribution in [0.4, 0.5) is 0 Å². The van der Waals surface area contributed by atoms with Gasteiger partial charge in [-0.2, -0.15) is 0 Å². The van der Waals surface area contributed by atoms with Gasteiger partial charge in [0.25, 0.3) is 0 Å². The second-order valence-electron chi connectivity index (χ2n) is 6.41. The zero-order valence-corrected chi connectivity index (χ0v) is 14.5. The van der Waals surface area contributed by atoms with Gasteiger partial charge in [-0.1, -0.05) is 12.1 Å². The van der Waals surface area contributed by atoms with Crippen LogP contribution in [-0.4, -0.2) is 61.5 Å². The summed E-state index contributed by atoms with van der Waals surface area (Å²) < 4.78 is 5.78. The molecule has 0 bridgehead atoms. The minimum Gasteiger partial charge on any atom is -0.377 e. The lowest BCUT2D eigenvalue weighted by Gasteiger charge is -2.24. The molecular formula is C18H28N2OS. The predicted molar refractivity (Wildman–Crippen MR) is 93.5 cm³/mol. The molecule has 2 fully saturated rings. The summed E-state index contributed by atoms with van der Waals surface area (Å²) in [5, 5.41) is 0. The Morgan fingerprint density at radius 1 is 1.05 bits per heavy atom. The van der Waals surface area contributed by atoms with Crippen LogP contribution in [0.5, 0.6) is 0 Å². The fourth-order valence-corrected chi connectivity index (χ4v) is 3.84. The van der Waals surface area contributed by atoms with Crippen LogP contribution in [0.25, 0.3) is 0 Å². The molecule has 1 aromatic rings. The lowest BCUT2D eigenvalue weighted by Crippen LogP contribution is -2.35. The molecule has 0 aliphatic carbocycles. The first-order chi connectivity index (χ1) is 10.8. The molecule has 0 spiro atoms. The van der Waals surface area contributed by atoms with Gasteiger partial charge in [-0.15, -0.1) is 11.8 Å². The second kappa shape index (κ2) is 8.34. The van der Waals surface area contributed by atoms with Gasteiger partial charge >= 0.3 is 0 Å². The van der Waals surface area contributed by atoms with Crippen molar-refractivity contribution in [3.63, 3.8) is 0 Å². The highest BCUT2D eigenvalue weighted by Crippen LogP contribution is 2.17. The van der Waals surface area contributed by atoms with E-state index in [4.69, 9.17) is 4.74 Å². The molecule has 4 heteroatoms. The highest BCUT2D eigenvalue weighted by molar-refractivity contribution is 7.98. The van der Waals surface area contributed by atoms with Crippen LogP contribution < -0.4 is 0 Å². The van der Waals surface area contributed by atoms with E-state index in [0.29, 0.717) is 6.10 Å². The normalized spacial score (nSPS) is 24.5. The predicted octanol–water partition coefficient (Wildman–Crippen LogP) is 3.10. The lowest BCUT2D eigenvalue weighted by molar-refractivity contribution is 0.0742. The van der Waals surface area contributed by atoms with Gasteiger partial charge in [-0.3, -0.25) is 9.80 Å². The van der Waals surface area contributed by atoms with Crippen LogP contribution in [0.3, 0.4) is 0 Å². The van der Waals surface area contributed by atoms with E-state index in [1.165, 1.54) is 55.9 Å². The number of hydrogen-bond acceptors (Lipinski definition) is 4. The zero-order valence-electron chi connectivity index (χ0n) is 13.7. The summed E-state index contributed by atoms with van der Waals surface area (Å²) in [6, 6.07) is 9.03. The average Bonchev–Trinajstić information content (AvgIpc) is 2.96. The van der Waals surface area contributed by atoms with E-state index in [2.05, 4.69) is 40.3 Å². The van der Waals surface area contributed by atoms with E-state index < -0.39 is 0 Å². The number of ether oxygens (including phenoxy) is 1. The maximum atomic E-state index is 5.78. The third-order valence-electron chi connectivity index (χ3n) is 4.73. The Bertz CT molecular complexity index is 445. The van der Waals surface area contributed by atoms with Gasteiger partial charge in [0, 0.05) is 37.7 Å². The molecule has 0 saturated carbocycles. The fraction of sp³-hybridized carbons (Fsp3) is 0.667. The largest absolute Gasteiger partial charge is 0.377 e. The summed E-state index contributed by atoms with van der Waals surface area (Å²) in [6.45, 7) is 7.99. The van der Waals surface area contributed by atoms with Crippen LogP contribution in [0.1, 0.15) is 24.8 Å². The van der Waals surface area contributed by atoms with Crippen molar-refractivity contribution in [2.75, 3.05) is 45.6 Å². The van der Waals surface area contributed by atoms with Gasteiger partial charge in [-0.05, 0) is 56.3 Å². The van der Waals surface area contributed by atoms with Crippen molar-refractivity contribution in [2.45, 2.75) is 36.8 Å². The molecule has 0 unspecified atom stereocenters. The Kier molecular flexibility index (Phi) is 6.19. The van der Waals surface area contributed by atoms with Crippen LogP contribution >= 0.6 is 11.8 Å². The Hall–Kier alpha value is -0.550. The van der Waals surface area contributed by atoms with Gasteiger partial charge in [0.05, 0.1) is 6.10 Å². The van der Waals surface area contributed by atoms with Crippen molar-refractivity contribution in [1.82, 2.24) is 9.80 Å². The molecule has 2 heterocycles. The smallest absolute Gasteiger partial charge is 0.0702 e.